The molecule has 2 rings (SSSR count). The fourth-order valence-corrected chi connectivity index (χ4v) is 3.30. The molecule has 0 aliphatic rings. The van der Waals surface area contributed by atoms with Crippen LogP contribution < -0.4 is 24.3 Å². The molecule has 1 amide bonds. The monoisotopic (exact) mass is 497 g/mol. The van der Waals surface area contributed by atoms with Crippen molar-refractivity contribution in [3.63, 3.8) is 0 Å². The van der Waals surface area contributed by atoms with Crippen LogP contribution in [0.3, 0.4) is 0 Å². The zero-order valence-electron chi connectivity index (χ0n) is 18.9. The zero-order chi connectivity index (χ0) is 24.5. The van der Waals surface area contributed by atoms with Crippen molar-refractivity contribution in [1.82, 2.24) is 0 Å². The van der Waals surface area contributed by atoms with Gasteiger partial charge in [-0.1, -0.05) is 23.2 Å². The number of ketones is 1. The van der Waals surface area contributed by atoms with Gasteiger partial charge in [-0.2, -0.15) is 10.2 Å². The van der Waals surface area contributed by atoms with Crippen LogP contribution in [-0.2, 0) is 9.59 Å². The molecule has 1 unspecified atom stereocenters. The maximum Gasteiger partial charge on any atom is 0.258 e. The van der Waals surface area contributed by atoms with E-state index in [9.17, 15) is 9.59 Å². The van der Waals surface area contributed by atoms with E-state index in [1.54, 1.807) is 19.1 Å². The Morgan fingerprint density at radius 1 is 0.970 bits per heavy atom. The van der Waals surface area contributed by atoms with Crippen molar-refractivity contribution in [2.45, 2.75) is 26.8 Å². The Kier molecular flexibility index (Phi) is 9.74. The molecule has 11 heteroatoms. The van der Waals surface area contributed by atoms with Crippen molar-refractivity contribution >= 4 is 46.3 Å². The van der Waals surface area contributed by atoms with E-state index in [0.717, 1.165) is 0 Å². The lowest BCUT2D eigenvalue weighted by atomic mass is 10.2. The number of methoxy groups -OCH3 is 2. The fourth-order valence-electron chi connectivity index (χ4n) is 2.82. The lowest BCUT2D eigenvalue weighted by molar-refractivity contribution is -0.126. The summed E-state index contributed by atoms with van der Waals surface area (Å²) < 4.78 is 21.6. The van der Waals surface area contributed by atoms with Crippen LogP contribution in [0.1, 0.15) is 20.8 Å². The molecule has 33 heavy (non-hydrogen) atoms. The van der Waals surface area contributed by atoms with E-state index in [4.69, 9.17) is 42.1 Å². The van der Waals surface area contributed by atoms with Crippen LogP contribution in [0.4, 0.5) is 11.4 Å². The average molecular weight is 498 g/mol. The SMILES string of the molecule is CCOc1ccc(N=NC(C(C)=O)C(=O)Nc2ccc(Cl)c(OC)c2OC)c(Cl)c1OCC. The molecule has 0 aliphatic carbocycles. The van der Waals surface area contributed by atoms with E-state index in [1.807, 2.05) is 6.92 Å². The fraction of sp³-hybridized carbons (Fsp3) is 0.364. The van der Waals surface area contributed by atoms with Crippen LogP contribution in [0.25, 0.3) is 0 Å². The topological polar surface area (TPSA) is 108 Å². The van der Waals surface area contributed by atoms with Gasteiger partial charge in [-0.15, -0.1) is 0 Å². The number of ether oxygens (including phenoxy) is 4. The molecular weight excluding hydrogens is 473 g/mol. The Balaban J connectivity index is 2.34. The largest absolute Gasteiger partial charge is 0.491 e. The van der Waals surface area contributed by atoms with Gasteiger partial charge in [0.05, 0.1) is 38.1 Å². The molecule has 0 spiro atoms. The predicted octanol–water partition coefficient (Wildman–Crippen LogP) is 5.49. The van der Waals surface area contributed by atoms with Crippen molar-refractivity contribution in [1.29, 1.82) is 0 Å². The van der Waals surface area contributed by atoms with Crippen molar-refractivity contribution in [3.05, 3.63) is 34.3 Å². The van der Waals surface area contributed by atoms with Crippen molar-refractivity contribution in [2.24, 2.45) is 10.2 Å². The van der Waals surface area contributed by atoms with Gasteiger partial charge in [-0.3, -0.25) is 9.59 Å². The number of nitrogens with zero attached hydrogens (tertiary/aromatic N) is 2. The maximum atomic E-state index is 12.8. The highest BCUT2D eigenvalue weighted by atomic mass is 35.5. The van der Waals surface area contributed by atoms with Gasteiger partial charge in [0, 0.05) is 0 Å². The maximum absolute atomic E-state index is 12.8. The third kappa shape index (κ3) is 6.27. The second-order valence-corrected chi connectivity index (χ2v) is 7.26. The smallest absolute Gasteiger partial charge is 0.258 e. The van der Waals surface area contributed by atoms with Crippen LogP contribution in [0, 0.1) is 0 Å². The number of nitrogens with one attached hydrogen (secondary N) is 1. The summed E-state index contributed by atoms with van der Waals surface area (Å²) in [6.45, 7) is 5.64. The number of hydrogen-bond donors (Lipinski definition) is 1. The van der Waals surface area contributed by atoms with Gasteiger partial charge in [-0.25, -0.2) is 0 Å². The van der Waals surface area contributed by atoms with E-state index in [2.05, 4.69) is 15.5 Å². The van der Waals surface area contributed by atoms with Gasteiger partial charge in [-0.05, 0) is 45.0 Å². The highest BCUT2D eigenvalue weighted by Crippen LogP contribution is 2.42. The third-order valence-corrected chi connectivity index (χ3v) is 4.94. The number of halogens is 2. The summed E-state index contributed by atoms with van der Waals surface area (Å²) in [5.74, 6) is -0.0485. The molecule has 2 aromatic carbocycles. The normalized spacial score (nSPS) is 11.7. The van der Waals surface area contributed by atoms with Gasteiger partial charge in [0.1, 0.15) is 10.7 Å². The van der Waals surface area contributed by atoms with E-state index in [-0.39, 0.29) is 27.9 Å². The number of azo groups is 1. The van der Waals surface area contributed by atoms with E-state index >= 15 is 0 Å². The Hall–Kier alpha value is -3.04. The van der Waals surface area contributed by atoms with Crippen molar-refractivity contribution < 1.29 is 28.5 Å². The van der Waals surface area contributed by atoms with E-state index in [0.29, 0.717) is 29.7 Å². The molecule has 1 N–H and O–H groups in total. The molecule has 178 valence electrons. The minimum absolute atomic E-state index is 0.151. The van der Waals surface area contributed by atoms with Gasteiger partial charge >= 0.3 is 0 Å². The molecule has 0 saturated heterocycles. The molecular formula is C22H25Cl2N3O6. The standard InChI is InChI=1S/C22H25Cl2N3O6/c1-6-32-16-11-10-14(17(24)21(16)33-7-2)26-27-18(12(3)28)22(29)25-15-9-8-13(23)19(30-4)20(15)31-5/h8-11,18H,6-7H2,1-5H3,(H,25,29). The van der Waals surface area contributed by atoms with E-state index in [1.165, 1.54) is 33.3 Å². The second-order valence-electron chi connectivity index (χ2n) is 6.47. The summed E-state index contributed by atoms with van der Waals surface area (Å²) >= 11 is 12.5. The van der Waals surface area contributed by atoms with Gasteiger partial charge in [0.2, 0.25) is 6.04 Å². The second kappa shape index (κ2) is 12.3. The molecule has 0 aromatic heterocycles. The van der Waals surface area contributed by atoms with E-state index < -0.39 is 17.7 Å². The summed E-state index contributed by atoms with van der Waals surface area (Å²) in [5.41, 5.74) is 0.469. The van der Waals surface area contributed by atoms with Crippen LogP contribution in [0.2, 0.25) is 10.0 Å². The number of hydrogen-bond acceptors (Lipinski definition) is 8. The summed E-state index contributed by atoms with van der Waals surface area (Å²) in [7, 11) is 2.81. The van der Waals surface area contributed by atoms with Gasteiger partial charge < -0.3 is 24.3 Å². The molecule has 9 nitrogen and oxygen atoms in total. The number of rotatable bonds is 11. The first kappa shape index (κ1) is 26.2. The Bertz CT molecular complexity index is 1050. The molecule has 0 saturated carbocycles. The zero-order valence-corrected chi connectivity index (χ0v) is 20.4. The first-order valence-electron chi connectivity index (χ1n) is 9.99. The number of carbonyl (C=O) groups is 2. The molecule has 1 atom stereocenters. The summed E-state index contributed by atoms with van der Waals surface area (Å²) in [6.07, 6.45) is 0. The molecule has 0 radical (unpaired) electrons. The average Bonchev–Trinajstić information content (AvgIpc) is 2.78. The lowest BCUT2D eigenvalue weighted by Gasteiger charge is -2.16. The molecule has 0 aliphatic heterocycles. The Morgan fingerprint density at radius 3 is 2.21 bits per heavy atom. The highest BCUT2D eigenvalue weighted by Gasteiger charge is 2.26. The van der Waals surface area contributed by atoms with Crippen LogP contribution >= 0.6 is 23.2 Å². The number of amides is 1. The third-order valence-electron chi connectivity index (χ3n) is 4.27. The molecule has 2 aromatic rings. The quantitative estimate of drug-likeness (QED) is 0.324. The van der Waals surface area contributed by atoms with Gasteiger partial charge in [0.25, 0.3) is 5.91 Å². The number of carbonyl (C=O) groups excluding carboxylic acids is 2. The minimum atomic E-state index is -1.44. The number of Topliss-reactive ketones (excluding diaryl/α,β-unsaturated/α-hetero) is 1. The molecule has 0 heterocycles. The van der Waals surface area contributed by atoms with Crippen LogP contribution in [-0.4, -0.2) is 45.2 Å². The van der Waals surface area contributed by atoms with Gasteiger partial charge in [0.15, 0.2) is 28.8 Å². The highest BCUT2D eigenvalue weighted by molar-refractivity contribution is 6.34. The first-order chi connectivity index (χ1) is 15.8. The minimum Gasteiger partial charge on any atom is -0.491 e. The first-order valence-corrected chi connectivity index (χ1v) is 10.7. The van der Waals surface area contributed by atoms with Crippen LogP contribution in [0.5, 0.6) is 23.0 Å². The number of anilines is 1. The number of benzene rings is 2. The van der Waals surface area contributed by atoms with Crippen molar-refractivity contribution in [3.8, 4) is 23.0 Å². The van der Waals surface area contributed by atoms with Crippen molar-refractivity contribution in [2.75, 3.05) is 32.8 Å². The molecule has 0 fully saturated rings. The Morgan fingerprint density at radius 2 is 1.64 bits per heavy atom. The summed E-state index contributed by atoms with van der Waals surface area (Å²) in [6, 6.07) is 4.80. The predicted molar refractivity (Wildman–Crippen MR) is 126 cm³/mol. The summed E-state index contributed by atoms with van der Waals surface area (Å²) in [5, 5.41) is 11.0. The lowest BCUT2D eigenvalue weighted by Crippen LogP contribution is -2.32. The molecule has 0 bridgehead atoms. The van der Waals surface area contributed by atoms with Crippen LogP contribution in [0.15, 0.2) is 34.5 Å². The summed E-state index contributed by atoms with van der Waals surface area (Å²) in [4.78, 5) is 25.0. The Labute approximate surface area is 202 Å².